The summed E-state index contributed by atoms with van der Waals surface area (Å²) >= 11 is 15.8. The zero-order valence-electron chi connectivity index (χ0n) is 7.03. The smallest absolute Gasteiger partial charge is 0.0632 e. The van der Waals surface area contributed by atoms with Gasteiger partial charge < -0.3 is 5.32 Å². The molecule has 0 unspecified atom stereocenters. The van der Waals surface area contributed by atoms with E-state index >= 15 is 0 Å². The fraction of sp³-hybridized carbons (Fsp3) is 0.111. The van der Waals surface area contributed by atoms with Gasteiger partial charge in [0, 0.05) is 25.5 Å². The lowest BCUT2D eigenvalue weighted by Gasteiger charge is -2.09. The Balaban J connectivity index is 2.85. The Morgan fingerprint density at radius 2 is 1.79 bits per heavy atom. The van der Waals surface area contributed by atoms with E-state index in [2.05, 4.69) is 53.1 Å². The molecule has 1 aromatic carbocycles. The highest BCUT2D eigenvalue weighted by molar-refractivity contribution is 9.11. The third kappa shape index (κ3) is 3.57. The molecule has 0 amide bonds. The number of rotatable bonds is 3. The van der Waals surface area contributed by atoms with Gasteiger partial charge in [-0.25, -0.2) is 0 Å². The average Bonchev–Trinajstić information content (AvgIpc) is 2.09. The van der Waals surface area contributed by atoms with Crippen molar-refractivity contribution in [2.75, 3.05) is 11.9 Å². The van der Waals surface area contributed by atoms with Crippen molar-refractivity contribution in [2.45, 2.75) is 0 Å². The molecule has 0 bridgehead atoms. The molecule has 0 heterocycles. The van der Waals surface area contributed by atoms with Gasteiger partial charge in [0.25, 0.3) is 0 Å². The Hall–Kier alpha value is 0.490. The number of anilines is 1. The summed E-state index contributed by atoms with van der Waals surface area (Å²) in [5.41, 5.74) is 2.51. The number of hydrogen-bond acceptors (Lipinski definition) is 1. The van der Waals surface area contributed by atoms with Crippen molar-refractivity contribution in [3.8, 4) is 0 Å². The molecular weight excluding hydrogens is 397 g/mol. The van der Waals surface area contributed by atoms with Crippen LogP contribution in [0.5, 0.6) is 0 Å². The molecule has 76 valence electrons. The van der Waals surface area contributed by atoms with Crippen LogP contribution in [0.15, 0.2) is 37.2 Å². The van der Waals surface area contributed by atoms with E-state index in [-0.39, 0.29) is 0 Å². The highest BCUT2D eigenvalue weighted by Crippen LogP contribution is 2.34. The van der Waals surface area contributed by atoms with Crippen LogP contribution >= 0.6 is 59.4 Å². The van der Waals surface area contributed by atoms with Gasteiger partial charge in [-0.1, -0.05) is 33.6 Å². The second-order valence-electron chi connectivity index (χ2n) is 2.49. The van der Waals surface area contributed by atoms with Gasteiger partial charge in [-0.15, -0.1) is 0 Å². The largest absolute Gasteiger partial charge is 0.380 e. The fourth-order valence-corrected chi connectivity index (χ4v) is 3.54. The molecule has 14 heavy (non-hydrogen) atoms. The van der Waals surface area contributed by atoms with E-state index in [1.807, 2.05) is 18.2 Å². The van der Waals surface area contributed by atoms with Crippen LogP contribution in [0.1, 0.15) is 0 Å². The minimum Gasteiger partial charge on any atom is -0.380 e. The maximum atomic E-state index is 5.42. The number of benzene rings is 1. The first-order chi connectivity index (χ1) is 6.65. The van der Waals surface area contributed by atoms with E-state index in [0.717, 1.165) is 19.1 Å². The van der Waals surface area contributed by atoms with Crippen molar-refractivity contribution in [1.29, 1.82) is 0 Å². The van der Waals surface area contributed by atoms with Gasteiger partial charge in [0.1, 0.15) is 0 Å². The lowest BCUT2D eigenvalue weighted by atomic mass is 10.3. The van der Waals surface area contributed by atoms with Gasteiger partial charge in [-0.05, 0) is 44.0 Å². The molecule has 1 rings (SSSR count). The summed E-state index contributed by atoms with van der Waals surface area (Å²) in [6, 6.07) is 3.97. The zero-order valence-corrected chi connectivity index (χ0v) is 12.5. The molecule has 0 aliphatic rings. The van der Waals surface area contributed by atoms with Crippen LogP contribution in [0.25, 0.3) is 0 Å². The predicted molar refractivity (Wildman–Crippen MR) is 73.0 cm³/mol. The van der Waals surface area contributed by atoms with Gasteiger partial charge in [0.15, 0.2) is 0 Å². The van der Waals surface area contributed by atoms with Crippen LogP contribution in [-0.2, 0) is 0 Å². The lowest BCUT2D eigenvalue weighted by molar-refractivity contribution is 1.31. The molecule has 1 N–H and O–H groups in total. The van der Waals surface area contributed by atoms with Gasteiger partial charge in [-0.3, -0.25) is 0 Å². The van der Waals surface area contributed by atoms with Crippen LogP contribution in [0.4, 0.5) is 5.69 Å². The summed E-state index contributed by atoms with van der Waals surface area (Å²) in [6.45, 7) is 0.697. The summed E-state index contributed by atoms with van der Waals surface area (Å²) in [5, 5.41) is 3.22. The molecule has 1 nitrogen and oxygen atoms in total. The van der Waals surface area contributed by atoms with Crippen LogP contribution in [-0.4, -0.2) is 6.54 Å². The standard InChI is InChI=1S/C9H7Br3ClN/c10-6-4-7(11)9(8(12)5-6)14-3-1-2-13/h1-2,4-5,14H,3H2/b2-1+. The Morgan fingerprint density at radius 1 is 1.21 bits per heavy atom. The average molecular weight is 404 g/mol. The Kier molecular flexibility index (Phi) is 5.52. The Morgan fingerprint density at radius 3 is 2.29 bits per heavy atom. The van der Waals surface area contributed by atoms with E-state index in [1.165, 1.54) is 5.54 Å². The molecule has 0 atom stereocenters. The Labute approximate surface area is 113 Å². The molecule has 0 aromatic heterocycles. The Bertz CT molecular complexity index is 329. The normalized spacial score (nSPS) is 10.9. The molecule has 5 heteroatoms. The first-order valence-electron chi connectivity index (χ1n) is 3.79. The van der Waals surface area contributed by atoms with Crippen molar-refractivity contribution in [3.05, 3.63) is 37.2 Å². The summed E-state index contributed by atoms with van der Waals surface area (Å²) in [4.78, 5) is 0. The van der Waals surface area contributed by atoms with Crippen LogP contribution < -0.4 is 5.32 Å². The summed E-state index contributed by atoms with van der Waals surface area (Å²) < 4.78 is 3.03. The van der Waals surface area contributed by atoms with Crippen LogP contribution in [0, 0.1) is 0 Å². The van der Waals surface area contributed by atoms with Crippen molar-refractivity contribution >= 4 is 65.1 Å². The van der Waals surface area contributed by atoms with Gasteiger partial charge in [0.2, 0.25) is 0 Å². The molecule has 1 aromatic rings. The quantitative estimate of drug-likeness (QED) is 0.736. The first kappa shape index (κ1) is 12.6. The second kappa shape index (κ2) is 6.16. The zero-order chi connectivity index (χ0) is 10.6. The van der Waals surface area contributed by atoms with Gasteiger partial charge in [0.05, 0.1) is 5.69 Å². The lowest BCUT2D eigenvalue weighted by Crippen LogP contribution is -1.99. The molecule has 0 aliphatic heterocycles. The van der Waals surface area contributed by atoms with E-state index in [4.69, 9.17) is 11.6 Å². The maximum absolute atomic E-state index is 5.42. The van der Waals surface area contributed by atoms with E-state index < -0.39 is 0 Å². The molecule has 0 saturated heterocycles. The highest BCUT2D eigenvalue weighted by Gasteiger charge is 2.04. The molecule has 0 saturated carbocycles. The molecule has 0 fully saturated rings. The summed E-state index contributed by atoms with van der Waals surface area (Å²) in [7, 11) is 0. The summed E-state index contributed by atoms with van der Waals surface area (Å²) in [5.74, 6) is 0. The minimum absolute atomic E-state index is 0.697. The number of halogens is 4. The summed E-state index contributed by atoms with van der Waals surface area (Å²) in [6.07, 6.45) is 1.84. The SMILES string of the molecule is Cl/C=C/CNc1c(Br)cc(Br)cc1Br. The van der Waals surface area contributed by atoms with Crippen LogP contribution in [0.3, 0.4) is 0 Å². The number of nitrogens with one attached hydrogen (secondary N) is 1. The van der Waals surface area contributed by atoms with Crippen molar-refractivity contribution in [3.63, 3.8) is 0 Å². The molecule has 0 aliphatic carbocycles. The first-order valence-corrected chi connectivity index (χ1v) is 6.60. The van der Waals surface area contributed by atoms with Crippen molar-refractivity contribution in [1.82, 2.24) is 0 Å². The predicted octanol–water partition coefficient (Wildman–Crippen LogP) is 5.14. The monoisotopic (exact) mass is 401 g/mol. The molecular formula is C9H7Br3ClN. The van der Waals surface area contributed by atoms with E-state index in [9.17, 15) is 0 Å². The maximum Gasteiger partial charge on any atom is 0.0632 e. The van der Waals surface area contributed by atoms with Gasteiger partial charge >= 0.3 is 0 Å². The van der Waals surface area contributed by atoms with E-state index in [1.54, 1.807) is 0 Å². The second-order valence-corrected chi connectivity index (χ2v) is 5.36. The fourth-order valence-electron chi connectivity index (χ4n) is 0.917. The number of hydrogen-bond donors (Lipinski definition) is 1. The topological polar surface area (TPSA) is 12.0 Å². The highest BCUT2D eigenvalue weighted by atomic mass is 79.9. The van der Waals surface area contributed by atoms with Crippen molar-refractivity contribution < 1.29 is 0 Å². The van der Waals surface area contributed by atoms with E-state index in [0.29, 0.717) is 6.54 Å². The molecule has 0 spiro atoms. The third-order valence-corrected chi connectivity index (χ3v) is 3.38. The molecule has 0 radical (unpaired) electrons. The van der Waals surface area contributed by atoms with Gasteiger partial charge in [-0.2, -0.15) is 0 Å². The third-order valence-electron chi connectivity index (χ3n) is 1.49. The van der Waals surface area contributed by atoms with Crippen LogP contribution in [0.2, 0.25) is 0 Å². The van der Waals surface area contributed by atoms with Crippen molar-refractivity contribution in [2.24, 2.45) is 0 Å². The minimum atomic E-state index is 0.697.